The van der Waals surface area contributed by atoms with Crippen LogP contribution in [0.3, 0.4) is 0 Å². The van der Waals surface area contributed by atoms with Crippen molar-refractivity contribution >= 4 is 29.2 Å². The Kier molecular flexibility index (Phi) is 5.14. The van der Waals surface area contributed by atoms with Crippen LogP contribution < -0.4 is 9.67 Å². The predicted octanol–water partition coefficient (Wildman–Crippen LogP) is 3.46. The molecule has 5 heteroatoms. The summed E-state index contributed by atoms with van der Waals surface area (Å²) in [6.07, 6.45) is 7.67. The molecule has 1 aliphatic carbocycles. The molecule has 19 heavy (non-hydrogen) atoms. The number of hydrogen-bond acceptors (Lipinski definition) is 3. The molecule has 3 nitrogen and oxygen atoms in total. The lowest BCUT2D eigenvalue weighted by Crippen LogP contribution is -2.05. The lowest BCUT2D eigenvalue weighted by molar-refractivity contribution is 0.283. The van der Waals surface area contributed by atoms with E-state index in [0.29, 0.717) is 0 Å². The first-order valence-corrected chi connectivity index (χ1v) is 6.89. The van der Waals surface area contributed by atoms with Crippen molar-refractivity contribution in [2.75, 3.05) is 11.4 Å². The van der Waals surface area contributed by atoms with Gasteiger partial charge in [-0.05, 0) is 42.2 Å². The molecule has 0 saturated carbocycles. The fraction of sp³-hybridized carbons (Fsp3) is 0.286. The maximum atomic E-state index is 9.59. The SMILES string of the molecule is OCC1/C=C/C(NCl)=C\CCc2ccc(NCl)cc21. The second-order valence-electron chi connectivity index (χ2n) is 4.45. The monoisotopic (exact) mass is 298 g/mol. The van der Waals surface area contributed by atoms with Gasteiger partial charge in [-0.2, -0.15) is 0 Å². The number of fused-ring (bicyclic) bond motifs is 1. The topological polar surface area (TPSA) is 44.3 Å². The van der Waals surface area contributed by atoms with Gasteiger partial charge < -0.3 is 5.11 Å². The summed E-state index contributed by atoms with van der Waals surface area (Å²) in [6, 6.07) is 5.96. The number of aliphatic hydroxyl groups excluding tert-OH is 1. The molecule has 1 aromatic rings. The van der Waals surface area contributed by atoms with Crippen molar-refractivity contribution in [3.8, 4) is 0 Å². The van der Waals surface area contributed by atoms with Crippen molar-refractivity contribution in [1.82, 2.24) is 4.84 Å². The zero-order valence-corrected chi connectivity index (χ0v) is 11.9. The first-order chi connectivity index (χ1) is 9.28. The van der Waals surface area contributed by atoms with E-state index in [1.54, 1.807) is 0 Å². The third-order valence-corrected chi connectivity index (χ3v) is 3.68. The number of nitrogens with one attached hydrogen (secondary N) is 2. The summed E-state index contributed by atoms with van der Waals surface area (Å²) < 4.78 is 0. The van der Waals surface area contributed by atoms with E-state index < -0.39 is 0 Å². The van der Waals surface area contributed by atoms with Gasteiger partial charge >= 0.3 is 0 Å². The van der Waals surface area contributed by atoms with Gasteiger partial charge in [-0.25, -0.2) is 0 Å². The molecule has 2 rings (SSSR count). The molecule has 0 bridgehead atoms. The zero-order valence-electron chi connectivity index (χ0n) is 10.4. The number of allylic oxidation sites excluding steroid dienone is 2. The Morgan fingerprint density at radius 2 is 2.11 bits per heavy atom. The summed E-state index contributed by atoms with van der Waals surface area (Å²) in [5, 5.41) is 9.59. The molecular weight excluding hydrogens is 283 g/mol. The largest absolute Gasteiger partial charge is 0.395 e. The lowest BCUT2D eigenvalue weighted by Gasteiger charge is -2.16. The number of anilines is 1. The summed E-state index contributed by atoms with van der Waals surface area (Å²) in [5.74, 6) is -0.0634. The average Bonchev–Trinajstić information content (AvgIpc) is 2.54. The van der Waals surface area contributed by atoms with E-state index in [2.05, 4.69) is 9.67 Å². The van der Waals surface area contributed by atoms with Crippen molar-refractivity contribution in [1.29, 1.82) is 0 Å². The van der Waals surface area contributed by atoms with Crippen molar-refractivity contribution < 1.29 is 5.11 Å². The third-order valence-electron chi connectivity index (χ3n) is 3.25. The highest BCUT2D eigenvalue weighted by atomic mass is 35.5. The van der Waals surface area contributed by atoms with Gasteiger partial charge in [0.2, 0.25) is 0 Å². The molecular formula is C14H16Cl2N2O. The molecule has 3 N–H and O–H groups in total. The van der Waals surface area contributed by atoms with Crippen LogP contribution in [0.2, 0.25) is 0 Å². The first-order valence-electron chi connectivity index (χ1n) is 6.13. The Morgan fingerprint density at radius 3 is 2.79 bits per heavy atom. The molecule has 0 saturated heterocycles. The zero-order chi connectivity index (χ0) is 13.7. The quantitative estimate of drug-likeness (QED) is 0.749. The van der Waals surface area contributed by atoms with E-state index in [1.165, 1.54) is 5.56 Å². The van der Waals surface area contributed by atoms with Gasteiger partial charge in [-0.3, -0.25) is 9.67 Å². The second-order valence-corrected chi connectivity index (χ2v) is 4.83. The minimum atomic E-state index is -0.0634. The van der Waals surface area contributed by atoms with Crippen LogP contribution in [-0.4, -0.2) is 11.7 Å². The number of aryl methyl sites for hydroxylation is 1. The van der Waals surface area contributed by atoms with Crippen LogP contribution in [0.1, 0.15) is 23.5 Å². The molecule has 0 radical (unpaired) electrons. The van der Waals surface area contributed by atoms with Crippen molar-refractivity contribution in [3.63, 3.8) is 0 Å². The lowest BCUT2D eigenvalue weighted by atomic mass is 9.92. The van der Waals surface area contributed by atoms with Crippen molar-refractivity contribution in [3.05, 3.63) is 53.3 Å². The predicted molar refractivity (Wildman–Crippen MR) is 80.3 cm³/mol. The summed E-state index contributed by atoms with van der Waals surface area (Å²) in [4.78, 5) is 5.24. The highest BCUT2D eigenvalue weighted by Crippen LogP contribution is 2.28. The maximum absolute atomic E-state index is 9.59. The Morgan fingerprint density at radius 1 is 1.26 bits per heavy atom. The molecule has 0 aromatic heterocycles. The van der Waals surface area contributed by atoms with E-state index in [4.69, 9.17) is 23.6 Å². The van der Waals surface area contributed by atoms with Crippen LogP contribution in [0.15, 0.2) is 42.1 Å². The van der Waals surface area contributed by atoms with Gasteiger partial charge in [-0.15, -0.1) is 0 Å². The number of aliphatic hydroxyl groups is 1. The van der Waals surface area contributed by atoms with Crippen LogP contribution in [0.4, 0.5) is 5.69 Å². The molecule has 1 aliphatic rings. The van der Waals surface area contributed by atoms with Crippen molar-refractivity contribution in [2.45, 2.75) is 18.8 Å². The van der Waals surface area contributed by atoms with E-state index in [-0.39, 0.29) is 12.5 Å². The minimum absolute atomic E-state index is 0.0464. The Hall–Kier alpha value is -1.16. The standard InChI is InChI=1S/C14H16Cl2N2O/c15-17-12-3-1-2-10-4-7-13(18-16)8-14(10)11(9-19)5-6-12/h3-8,11,17-19H,1-2,9H2/b6-5+,12-3+. The summed E-state index contributed by atoms with van der Waals surface area (Å²) in [6.45, 7) is 0.0464. The molecule has 102 valence electrons. The van der Waals surface area contributed by atoms with Crippen LogP contribution in [-0.2, 0) is 6.42 Å². The molecule has 0 spiro atoms. The smallest absolute Gasteiger partial charge is 0.0534 e. The van der Waals surface area contributed by atoms with E-state index in [9.17, 15) is 5.11 Å². The number of halogens is 2. The van der Waals surface area contributed by atoms with Gasteiger partial charge in [0.25, 0.3) is 0 Å². The van der Waals surface area contributed by atoms with Gasteiger partial charge in [0.15, 0.2) is 0 Å². The number of hydrogen-bond donors (Lipinski definition) is 3. The molecule has 1 atom stereocenters. The number of benzene rings is 1. The van der Waals surface area contributed by atoms with Gasteiger partial charge in [0.1, 0.15) is 0 Å². The molecule has 1 aromatic carbocycles. The summed E-state index contributed by atoms with van der Waals surface area (Å²) in [5.41, 5.74) is 3.99. The van der Waals surface area contributed by atoms with Gasteiger partial charge in [0, 0.05) is 40.9 Å². The molecule has 1 unspecified atom stereocenters. The van der Waals surface area contributed by atoms with Crippen LogP contribution >= 0.6 is 23.6 Å². The van der Waals surface area contributed by atoms with Gasteiger partial charge in [-0.1, -0.05) is 18.2 Å². The van der Waals surface area contributed by atoms with E-state index in [0.717, 1.165) is 29.8 Å². The Balaban J connectivity index is 2.41. The second kappa shape index (κ2) is 6.85. The van der Waals surface area contributed by atoms with Crippen LogP contribution in [0.5, 0.6) is 0 Å². The fourth-order valence-corrected chi connectivity index (χ4v) is 2.49. The van der Waals surface area contributed by atoms with E-state index >= 15 is 0 Å². The normalized spacial score (nSPS) is 23.1. The fourth-order valence-electron chi connectivity index (χ4n) is 2.23. The minimum Gasteiger partial charge on any atom is -0.395 e. The third kappa shape index (κ3) is 3.44. The molecule has 0 aliphatic heterocycles. The average molecular weight is 299 g/mol. The van der Waals surface area contributed by atoms with Crippen molar-refractivity contribution in [2.24, 2.45) is 0 Å². The highest BCUT2D eigenvalue weighted by Gasteiger charge is 2.14. The Labute approximate surface area is 123 Å². The maximum Gasteiger partial charge on any atom is 0.0534 e. The first kappa shape index (κ1) is 14.3. The summed E-state index contributed by atoms with van der Waals surface area (Å²) >= 11 is 11.3. The molecule has 0 heterocycles. The van der Waals surface area contributed by atoms with Gasteiger partial charge in [0.05, 0.1) is 6.61 Å². The highest BCUT2D eigenvalue weighted by molar-refractivity contribution is 6.23. The molecule has 0 amide bonds. The Bertz CT molecular complexity index is 500. The van der Waals surface area contributed by atoms with Crippen LogP contribution in [0.25, 0.3) is 0 Å². The molecule has 0 fully saturated rings. The van der Waals surface area contributed by atoms with E-state index in [1.807, 2.05) is 36.4 Å². The number of rotatable bonds is 3. The van der Waals surface area contributed by atoms with Crippen LogP contribution in [0, 0.1) is 0 Å². The summed E-state index contributed by atoms with van der Waals surface area (Å²) in [7, 11) is 0.